The summed E-state index contributed by atoms with van der Waals surface area (Å²) in [6.07, 6.45) is 1.69. The van der Waals surface area contributed by atoms with E-state index in [0.717, 1.165) is 16.5 Å². The number of ether oxygens (including phenoxy) is 2. The lowest BCUT2D eigenvalue weighted by Gasteiger charge is -2.14. The highest BCUT2D eigenvalue weighted by Gasteiger charge is 2.33. The summed E-state index contributed by atoms with van der Waals surface area (Å²) in [4.78, 5) is 32.2. The highest BCUT2D eigenvalue weighted by molar-refractivity contribution is 8.18. The predicted octanol–water partition coefficient (Wildman–Crippen LogP) is 6.79. The van der Waals surface area contributed by atoms with Crippen molar-refractivity contribution in [3.8, 4) is 11.3 Å². The summed E-state index contributed by atoms with van der Waals surface area (Å²) in [5, 5.41) is 3.05. The number of furan rings is 1. The van der Waals surface area contributed by atoms with E-state index in [2.05, 4.69) is 0 Å². The molecule has 1 amide bonds. The molecule has 5 rings (SSSR count). The summed E-state index contributed by atoms with van der Waals surface area (Å²) >= 11 is 7.42. The molecule has 0 aliphatic carbocycles. The molecule has 9 heteroatoms. The predicted molar refractivity (Wildman–Crippen MR) is 151 cm³/mol. The number of amidine groups is 1. The second-order valence-electron chi connectivity index (χ2n) is 8.37. The fourth-order valence-electron chi connectivity index (χ4n) is 3.99. The zero-order valence-corrected chi connectivity index (χ0v) is 22.2. The summed E-state index contributed by atoms with van der Waals surface area (Å²) in [6, 6.07) is 22.5. The van der Waals surface area contributed by atoms with Crippen LogP contribution in [-0.2, 0) is 14.3 Å². The Morgan fingerprint density at radius 1 is 1.05 bits per heavy atom. The number of carbonyl (C=O) groups excluding carboxylic acids is 2. The molecule has 1 aromatic heterocycles. The smallest absolute Gasteiger partial charge is 0.339 e. The van der Waals surface area contributed by atoms with Crippen LogP contribution in [-0.4, -0.2) is 49.3 Å². The quantitative estimate of drug-likeness (QED) is 0.187. The monoisotopic (exact) mass is 546 g/mol. The van der Waals surface area contributed by atoms with Gasteiger partial charge in [-0.1, -0.05) is 41.9 Å². The third-order valence-corrected chi connectivity index (χ3v) is 7.26. The largest absolute Gasteiger partial charge is 0.465 e. The third kappa shape index (κ3) is 5.38. The molecular weight excluding hydrogens is 524 g/mol. The van der Waals surface area contributed by atoms with Crippen LogP contribution in [0.2, 0.25) is 5.02 Å². The van der Waals surface area contributed by atoms with Gasteiger partial charge in [-0.05, 0) is 65.0 Å². The van der Waals surface area contributed by atoms with Crippen molar-refractivity contribution in [3.05, 3.63) is 94.0 Å². The summed E-state index contributed by atoms with van der Waals surface area (Å²) < 4.78 is 16.0. The lowest BCUT2D eigenvalue weighted by atomic mass is 10.1. The van der Waals surface area contributed by atoms with E-state index in [1.54, 1.807) is 48.4 Å². The Morgan fingerprint density at radius 3 is 2.66 bits per heavy atom. The Kier molecular flexibility index (Phi) is 7.64. The van der Waals surface area contributed by atoms with E-state index >= 15 is 0 Å². The first-order valence-electron chi connectivity index (χ1n) is 11.7. The highest BCUT2D eigenvalue weighted by atomic mass is 35.5. The molecule has 2 heterocycles. The molecule has 3 aromatic carbocycles. The minimum absolute atomic E-state index is 0.177. The van der Waals surface area contributed by atoms with E-state index in [-0.39, 0.29) is 16.5 Å². The molecule has 7 nitrogen and oxygen atoms in total. The Balaban J connectivity index is 1.44. The highest BCUT2D eigenvalue weighted by Crippen LogP contribution is 2.36. The first-order valence-corrected chi connectivity index (χ1v) is 12.9. The molecule has 0 spiro atoms. The van der Waals surface area contributed by atoms with Gasteiger partial charge in [0.1, 0.15) is 11.5 Å². The van der Waals surface area contributed by atoms with Crippen LogP contribution in [0.1, 0.15) is 16.1 Å². The van der Waals surface area contributed by atoms with Gasteiger partial charge in [-0.2, -0.15) is 0 Å². The van der Waals surface area contributed by atoms with Crippen LogP contribution in [0.25, 0.3) is 28.2 Å². The second kappa shape index (κ2) is 11.3. The van der Waals surface area contributed by atoms with Crippen LogP contribution in [0.15, 0.2) is 87.1 Å². The molecule has 38 heavy (non-hydrogen) atoms. The molecule has 0 saturated carbocycles. The van der Waals surface area contributed by atoms with Crippen LogP contribution >= 0.6 is 23.4 Å². The Morgan fingerprint density at radius 2 is 1.87 bits per heavy atom. The number of hydrogen-bond acceptors (Lipinski definition) is 7. The molecule has 192 valence electrons. The number of esters is 1. The topological polar surface area (TPSA) is 81.3 Å². The number of nitrogens with zero attached hydrogens (tertiary/aromatic N) is 2. The van der Waals surface area contributed by atoms with Gasteiger partial charge >= 0.3 is 5.97 Å². The van der Waals surface area contributed by atoms with Crippen molar-refractivity contribution in [1.82, 2.24) is 4.90 Å². The maximum absolute atomic E-state index is 13.3. The van der Waals surface area contributed by atoms with Gasteiger partial charge in [0.15, 0.2) is 5.17 Å². The van der Waals surface area contributed by atoms with Crippen LogP contribution in [0.5, 0.6) is 0 Å². The maximum atomic E-state index is 13.3. The third-order valence-electron chi connectivity index (χ3n) is 5.92. The van der Waals surface area contributed by atoms with Crippen molar-refractivity contribution in [1.29, 1.82) is 0 Å². The number of halogens is 1. The minimum atomic E-state index is -0.534. The zero-order valence-electron chi connectivity index (χ0n) is 20.6. The standard InChI is InChI=1S/C29H23ClN2O5S/c1-35-14-13-32-27(33)26(38-29(32)31-21-9-7-18-5-3-4-6-19(18)15-21)17-22-10-12-25(37-22)20-8-11-24(30)23(16-20)28(34)36-2/h3-12,15-17H,13-14H2,1-2H3/b26-17+,31-29?. The summed E-state index contributed by atoms with van der Waals surface area (Å²) in [5.74, 6) is 0.302. The Hall–Kier alpha value is -3.85. The van der Waals surface area contributed by atoms with Gasteiger partial charge in [0, 0.05) is 18.7 Å². The lowest BCUT2D eigenvalue weighted by molar-refractivity contribution is -0.122. The van der Waals surface area contributed by atoms with Crippen LogP contribution in [0.3, 0.4) is 0 Å². The number of hydrogen-bond donors (Lipinski definition) is 0. The van der Waals surface area contributed by atoms with Gasteiger partial charge in [-0.3, -0.25) is 9.69 Å². The number of methoxy groups -OCH3 is 2. The number of carbonyl (C=O) groups is 2. The first-order chi connectivity index (χ1) is 18.5. The molecule has 0 atom stereocenters. The number of thioether (sulfide) groups is 1. The van der Waals surface area contributed by atoms with Crippen LogP contribution in [0, 0.1) is 0 Å². The van der Waals surface area contributed by atoms with Crippen molar-refractivity contribution in [2.75, 3.05) is 27.4 Å². The average Bonchev–Trinajstić information content (AvgIpc) is 3.51. The van der Waals surface area contributed by atoms with E-state index in [1.165, 1.54) is 18.9 Å². The second-order valence-corrected chi connectivity index (χ2v) is 9.79. The molecule has 1 fully saturated rings. The van der Waals surface area contributed by atoms with Gasteiger partial charge in [-0.15, -0.1) is 0 Å². The van der Waals surface area contributed by atoms with Crippen molar-refractivity contribution >= 4 is 62.9 Å². The Labute approximate surface area is 228 Å². The lowest BCUT2D eigenvalue weighted by Crippen LogP contribution is -2.32. The van der Waals surface area contributed by atoms with E-state index < -0.39 is 5.97 Å². The number of benzene rings is 3. The number of aliphatic imine (C=N–C) groups is 1. The van der Waals surface area contributed by atoms with Crippen LogP contribution in [0.4, 0.5) is 5.69 Å². The van der Waals surface area contributed by atoms with Gasteiger partial charge in [0.05, 0.1) is 41.4 Å². The fraction of sp³-hybridized carbons (Fsp3) is 0.138. The van der Waals surface area contributed by atoms with Crippen molar-refractivity contribution in [3.63, 3.8) is 0 Å². The first kappa shape index (κ1) is 25.8. The minimum Gasteiger partial charge on any atom is -0.465 e. The van der Waals surface area contributed by atoms with E-state index in [1.807, 2.05) is 42.5 Å². The Bertz CT molecular complexity index is 1590. The summed E-state index contributed by atoms with van der Waals surface area (Å²) in [5.41, 5.74) is 1.66. The summed E-state index contributed by atoms with van der Waals surface area (Å²) in [7, 11) is 2.89. The SMILES string of the molecule is COCCN1C(=O)/C(=C\c2ccc(-c3ccc(Cl)c(C(=O)OC)c3)o2)SC1=Nc1ccc2ccccc2c1. The van der Waals surface area contributed by atoms with Gasteiger partial charge < -0.3 is 13.9 Å². The van der Waals surface area contributed by atoms with E-state index in [4.69, 9.17) is 30.5 Å². The van der Waals surface area contributed by atoms with E-state index in [9.17, 15) is 9.59 Å². The molecule has 1 saturated heterocycles. The van der Waals surface area contributed by atoms with Gasteiger partial charge in [0.25, 0.3) is 5.91 Å². The molecule has 1 aliphatic heterocycles. The van der Waals surface area contributed by atoms with Gasteiger partial charge in [0.2, 0.25) is 0 Å². The van der Waals surface area contributed by atoms with Gasteiger partial charge in [-0.25, -0.2) is 9.79 Å². The average molecular weight is 547 g/mol. The molecular formula is C29H23ClN2O5S. The number of fused-ring (bicyclic) bond motifs is 1. The number of rotatable bonds is 7. The molecule has 0 N–H and O–H groups in total. The molecule has 1 aliphatic rings. The molecule has 0 bridgehead atoms. The fourth-order valence-corrected chi connectivity index (χ4v) is 5.19. The van der Waals surface area contributed by atoms with Crippen molar-refractivity contribution in [2.24, 2.45) is 4.99 Å². The van der Waals surface area contributed by atoms with Crippen molar-refractivity contribution < 1.29 is 23.5 Å². The maximum Gasteiger partial charge on any atom is 0.339 e. The molecule has 4 aromatic rings. The number of amides is 1. The van der Waals surface area contributed by atoms with Crippen LogP contribution < -0.4 is 0 Å². The normalized spacial score (nSPS) is 15.7. The zero-order chi connectivity index (χ0) is 26.6. The van der Waals surface area contributed by atoms with E-state index in [0.29, 0.717) is 40.3 Å². The molecule has 0 unspecified atom stereocenters. The molecule has 0 radical (unpaired) electrons. The van der Waals surface area contributed by atoms with Crippen molar-refractivity contribution in [2.45, 2.75) is 0 Å². The summed E-state index contributed by atoms with van der Waals surface area (Å²) in [6.45, 7) is 0.747.